The van der Waals surface area contributed by atoms with E-state index in [4.69, 9.17) is 5.10 Å². The highest BCUT2D eigenvalue weighted by Gasteiger charge is 2.28. The first kappa shape index (κ1) is 17.7. The summed E-state index contributed by atoms with van der Waals surface area (Å²) in [7, 11) is 0. The maximum Gasteiger partial charge on any atom is 0.115 e. The van der Waals surface area contributed by atoms with Crippen LogP contribution in [-0.2, 0) is 6.42 Å². The van der Waals surface area contributed by atoms with Crippen molar-refractivity contribution in [2.45, 2.75) is 52.5 Å². The second-order valence-electron chi connectivity index (χ2n) is 7.56. The number of aromatic nitrogens is 2. The van der Waals surface area contributed by atoms with Gasteiger partial charge in [-0.15, -0.1) is 0 Å². The Labute approximate surface area is 160 Å². The first-order chi connectivity index (χ1) is 13.0. The van der Waals surface area contributed by atoms with Crippen LogP contribution < -0.4 is 0 Å². The summed E-state index contributed by atoms with van der Waals surface area (Å²) in [4.78, 5) is 0. The molecule has 0 aliphatic heterocycles. The predicted octanol–water partition coefficient (Wildman–Crippen LogP) is 5.53. The van der Waals surface area contributed by atoms with E-state index >= 15 is 0 Å². The van der Waals surface area contributed by atoms with Gasteiger partial charge in [0.1, 0.15) is 11.5 Å². The van der Waals surface area contributed by atoms with Crippen LogP contribution >= 0.6 is 0 Å². The van der Waals surface area contributed by atoms with E-state index in [-0.39, 0.29) is 5.75 Å². The van der Waals surface area contributed by atoms with Gasteiger partial charge < -0.3 is 10.2 Å². The lowest BCUT2D eigenvalue weighted by molar-refractivity contribution is 0.292. The minimum Gasteiger partial charge on any atom is -0.508 e. The van der Waals surface area contributed by atoms with Crippen LogP contribution in [0.4, 0.5) is 0 Å². The maximum absolute atomic E-state index is 9.85. The fourth-order valence-electron chi connectivity index (χ4n) is 4.03. The number of hydrogen-bond donors (Lipinski definition) is 2. The molecule has 4 rings (SSSR count). The maximum atomic E-state index is 9.85. The van der Waals surface area contributed by atoms with Crippen LogP contribution in [0.1, 0.15) is 48.9 Å². The molecule has 3 aromatic rings. The number of benzene rings is 2. The third-order valence-corrected chi connectivity index (χ3v) is 5.71. The Morgan fingerprint density at radius 2 is 1.56 bits per heavy atom. The molecule has 4 nitrogen and oxygen atoms in total. The minimum absolute atomic E-state index is 0.280. The molecule has 2 aromatic carbocycles. The average Bonchev–Trinajstić information content (AvgIpc) is 2.92. The molecule has 1 saturated carbocycles. The number of aryl methyl sites for hydroxylation is 2. The van der Waals surface area contributed by atoms with E-state index in [0.29, 0.717) is 11.8 Å². The van der Waals surface area contributed by atoms with Crippen molar-refractivity contribution < 1.29 is 10.2 Å². The molecule has 0 amide bonds. The first-order valence-electron chi connectivity index (χ1n) is 9.71. The second-order valence-corrected chi connectivity index (χ2v) is 7.56. The van der Waals surface area contributed by atoms with Gasteiger partial charge in [0.25, 0.3) is 0 Å². The van der Waals surface area contributed by atoms with E-state index in [1.54, 1.807) is 18.2 Å². The molecule has 1 aliphatic rings. The Kier molecular flexibility index (Phi) is 4.42. The zero-order chi connectivity index (χ0) is 19.1. The standard InChI is InChI=1S/C23H26N2O2/c1-4-19-22(20-10-8-17(26)12-14(20)2)24-25(16-6-5-7-16)23(19)21-11-9-18(27)13-15(21)3/h8-13,16,26-27H,4-7H2,1-3H3. The molecule has 27 heavy (non-hydrogen) atoms. The number of hydrogen-bond acceptors (Lipinski definition) is 3. The van der Waals surface area contributed by atoms with Crippen molar-refractivity contribution >= 4 is 0 Å². The Balaban J connectivity index is 1.98. The number of nitrogens with zero attached hydrogens (tertiary/aromatic N) is 2. The van der Waals surface area contributed by atoms with Gasteiger partial charge in [0.05, 0.1) is 17.4 Å². The molecule has 0 atom stereocenters. The zero-order valence-electron chi connectivity index (χ0n) is 16.2. The monoisotopic (exact) mass is 362 g/mol. The van der Waals surface area contributed by atoms with E-state index < -0.39 is 0 Å². The quantitative estimate of drug-likeness (QED) is 0.641. The molecule has 0 bridgehead atoms. The van der Waals surface area contributed by atoms with Gasteiger partial charge in [-0.05, 0) is 87.1 Å². The van der Waals surface area contributed by atoms with Gasteiger partial charge in [0, 0.05) is 16.7 Å². The summed E-state index contributed by atoms with van der Waals surface area (Å²) in [6.07, 6.45) is 4.43. The second kappa shape index (κ2) is 6.76. The van der Waals surface area contributed by atoms with E-state index in [2.05, 4.69) is 11.6 Å². The van der Waals surface area contributed by atoms with Gasteiger partial charge in [-0.2, -0.15) is 5.10 Å². The van der Waals surface area contributed by atoms with Gasteiger partial charge in [-0.25, -0.2) is 0 Å². The Morgan fingerprint density at radius 3 is 2.04 bits per heavy atom. The van der Waals surface area contributed by atoms with Crippen molar-refractivity contribution in [2.75, 3.05) is 0 Å². The lowest BCUT2D eigenvalue weighted by Gasteiger charge is -2.28. The molecule has 2 N–H and O–H groups in total. The first-order valence-corrected chi connectivity index (χ1v) is 9.71. The van der Waals surface area contributed by atoms with Gasteiger partial charge in [-0.3, -0.25) is 4.68 Å². The van der Waals surface area contributed by atoms with Crippen LogP contribution in [0.15, 0.2) is 36.4 Å². The number of aromatic hydroxyl groups is 2. The molecule has 1 fully saturated rings. The molecule has 1 aromatic heterocycles. The fraction of sp³-hybridized carbons (Fsp3) is 0.348. The third-order valence-electron chi connectivity index (χ3n) is 5.71. The topological polar surface area (TPSA) is 58.3 Å². The summed E-state index contributed by atoms with van der Waals surface area (Å²) in [6.45, 7) is 6.22. The number of phenolic OH excluding ortho intramolecular Hbond substituents is 2. The SMILES string of the molecule is CCc1c(-c2ccc(O)cc2C)nn(C2CCC2)c1-c1ccc(O)cc1C. The van der Waals surface area contributed by atoms with Crippen molar-refractivity contribution in [3.63, 3.8) is 0 Å². The molecule has 0 unspecified atom stereocenters. The van der Waals surface area contributed by atoms with E-state index in [1.165, 1.54) is 17.7 Å². The zero-order valence-corrected chi connectivity index (χ0v) is 16.2. The average molecular weight is 362 g/mol. The van der Waals surface area contributed by atoms with Gasteiger partial charge >= 0.3 is 0 Å². The number of rotatable bonds is 4. The molecule has 0 radical (unpaired) electrons. The molecular formula is C23H26N2O2. The molecule has 4 heteroatoms. The highest BCUT2D eigenvalue weighted by Crippen LogP contribution is 2.42. The van der Waals surface area contributed by atoms with E-state index in [0.717, 1.165) is 47.2 Å². The summed E-state index contributed by atoms with van der Waals surface area (Å²) in [5.41, 5.74) is 7.68. The summed E-state index contributed by atoms with van der Waals surface area (Å²) in [5, 5.41) is 24.7. The Bertz CT molecular complexity index is 1000. The third kappa shape index (κ3) is 2.99. The summed E-state index contributed by atoms with van der Waals surface area (Å²) < 4.78 is 2.21. The van der Waals surface area contributed by atoms with Crippen molar-refractivity contribution in [1.82, 2.24) is 9.78 Å². The van der Waals surface area contributed by atoms with E-state index in [1.807, 2.05) is 32.0 Å². The van der Waals surface area contributed by atoms with Crippen LogP contribution in [0.5, 0.6) is 11.5 Å². The molecule has 140 valence electrons. The highest BCUT2D eigenvalue weighted by molar-refractivity contribution is 5.78. The number of phenols is 2. The van der Waals surface area contributed by atoms with Gasteiger partial charge in [0.2, 0.25) is 0 Å². The summed E-state index contributed by atoms with van der Waals surface area (Å²) in [5.74, 6) is 0.570. The van der Waals surface area contributed by atoms with Crippen molar-refractivity contribution in [3.05, 3.63) is 53.1 Å². The van der Waals surface area contributed by atoms with Crippen LogP contribution in [0.2, 0.25) is 0 Å². The van der Waals surface area contributed by atoms with Crippen molar-refractivity contribution in [2.24, 2.45) is 0 Å². The molecule has 1 aliphatic carbocycles. The van der Waals surface area contributed by atoms with Gasteiger partial charge in [0.15, 0.2) is 0 Å². The molecule has 0 spiro atoms. The van der Waals surface area contributed by atoms with E-state index in [9.17, 15) is 10.2 Å². The van der Waals surface area contributed by atoms with Crippen molar-refractivity contribution in [1.29, 1.82) is 0 Å². The summed E-state index contributed by atoms with van der Waals surface area (Å²) in [6, 6.07) is 11.5. The van der Waals surface area contributed by atoms with Crippen LogP contribution in [0.25, 0.3) is 22.5 Å². The highest BCUT2D eigenvalue weighted by atomic mass is 16.3. The van der Waals surface area contributed by atoms with Crippen LogP contribution in [0, 0.1) is 13.8 Å². The Hall–Kier alpha value is -2.75. The Morgan fingerprint density at radius 1 is 0.963 bits per heavy atom. The normalized spacial score (nSPS) is 14.3. The molecular weight excluding hydrogens is 336 g/mol. The fourth-order valence-corrected chi connectivity index (χ4v) is 4.03. The van der Waals surface area contributed by atoms with Gasteiger partial charge in [-0.1, -0.05) is 6.92 Å². The minimum atomic E-state index is 0.280. The largest absolute Gasteiger partial charge is 0.508 e. The van der Waals surface area contributed by atoms with Crippen LogP contribution in [0.3, 0.4) is 0 Å². The lowest BCUT2D eigenvalue weighted by atomic mass is 9.91. The summed E-state index contributed by atoms with van der Waals surface area (Å²) >= 11 is 0. The smallest absolute Gasteiger partial charge is 0.115 e. The molecule has 0 saturated heterocycles. The predicted molar refractivity (Wildman–Crippen MR) is 108 cm³/mol. The molecule has 1 heterocycles. The van der Waals surface area contributed by atoms with Crippen LogP contribution in [-0.4, -0.2) is 20.0 Å². The van der Waals surface area contributed by atoms with Crippen molar-refractivity contribution in [3.8, 4) is 34.0 Å². The lowest BCUT2D eigenvalue weighted by Crippen LogP contribution is -2.19.